The Morgan fingerprint density at radius 1 is 1.32 bits per heavy atom. The molecule has 1 aliphatic carbocycles. The summed E-state index contributed by atoms with van der Waals surface area (Å²) < 4.78 is 5.21. The minimum atomic E-state index is -0.0393. The molecule has 0 aliphatic heterocycles. The molecule has 1 amide bonds. The van der Waals surface area contributed by atoms with E-state index in [1.807, 2.05) is 24.3 Å². The van der Waals surface area contributed by atoms with Gasteiger partial charge in [0, 0.05) is 35.7 Å². The first-order valence-electron chi connectivity index (χ1n) is 7.74. The van der Waals surface area contributed by atoms with Gasteiger partial charge >= 0.3 is 0 Å². The number of amides is 1. The van der Waals surface area contributed by atoms with Crippen LogP contribution in [0.15, 0.2) is 24.3 Å². The second-order valence-electron chi connectivity index (χ2n) is 6.06. The van der Waals surface area contributed by atoms with Crippen LogP contribution in [-0.2, 0) is 4.74 Å². The van der Waals surface area contributed by atoms with Gasteiger partial charge in [0.05, 0.1) is 0 Å². The summed E-state index contributed by atoms with van der Waals surface area (Å²) in [5.41, 5.74) is 1.52. The van der Waals surface area contributed by atoms with E-state index in [0.29, 0.717) is 16.6 Å². The lowest BCUT2D eigenvalue weighted by Crippen LogP contribution is -2.38. The molecule has 3 rings (SSSR count). The number of carbonyl (C=O) groups is 1. The molecule has 1 aromatic heterocycles. The number of hydrogen-bond acceptors (Lipinski definition) is 2. The Kier molecular flexibility index (Phi) is 4.69. The zero-order valence-corrected chi connectivity index (χ0v) is 13.5. The van der Waals surface area contributed by atoms with Crippen LogP contribution in [0.2, 0.25) is 5.02 Å². The molecule has 0 atom stereocenters. The van der Waals surface area contributed by atoms with E-state index in [1.54, 1.807) is 7.11 Å². The van der Waals surface area contributed by atoms with Gasteiger partial charge in [0.1, 0.15) is 5.69 Å². The van der Waals surface area contributed by atoms with Gasteiger partial charge in [-0.25, -0.2) is 0 Å². The van der Waals surface area contributed by atoms with E-state index in [-0.39, 0.29) is 11.9 Å². The summed E-state index contributed by atoms with van der Waals surface area (Å²) in [5, 5.41) is 4.76. The Balaban J connectivity index is 1.61. The molecule has 22 heavy (non-hydrogen) atoms. The molecule has 0 saturated heterocycles. The van der Waals surface area contributed by atoms with Crippen molar-refractivity contribution in [2.45, 2.75) is 31.7 Å². The average Bonchev–Trinajstić information content (AvgIpc) is 2.92. The molecule has 0 radical (unpaired) electrons. The Morgan fingerprint density at radius 3 is 2.82 bits per heavy atom. The van der Waals surface area contributed by atoms with Crippen molar-refractivity contribution in [2.75, 3.05) is 13.7 Å². The largest absolute Gasteiger partial charge is 0.384 e. The zero-order valence-electron chi connectivity index (χ0n) is 12.7. The number of halogens is 1. The Labute approximate surface area is 135 Å². The number of nitrogens with one attached hydrogen (secondary N) is 2. The fraction of sp³-hybridized carbons (Fsp3) is 0.471. The summed E-state index contributed by atoms with van der Waals surface area (Å²) in [5.74, 6) is 0.593. The van der Waals surface area contributed by atoms with Gasteiger partial charge in [0.2, 0.25) is 0 Å². The third kappa shape index (κ3) is 3.45. The highest BCUT2D eigenvalue weighted by Gasteiger charge is 2.23. The number of aromatic amines is 1. The molecule has 1 heterocycles. The van der Waals surface area contributed by atoms with Crippen molar-refractivity contribution in [1.29, 1.82) is 0 Å². The van der Waals surface area contributed by atoms with E-state index < -0.39 is 0 Å². The molecule has 0 unspecified atom stereocenters. The summed E-state index contributed by atoms with van der Waals surface area (Å²) >= 11 is 5.98. The van der Waals surface area contributed by atoms with Crippen LogP contribution in [-0.4, -0.2) is 30.6 Å². The highest BCUT2D eigenvalue weighted by molar-refractivity contribution is 6.31. The molecular weight excluding hydrogens is 300 g/mol. The fourth-order valence-electron chi connectivity index (χ4n) is 3.20. The number of benzene rings is 1. The quantitative estimate of drug-likeness (QED) is 0.901. The first-order chi connectivity index (χ1) is 10.7. The van der Waals surface area contributed by atoms with Crippen molar-refractivity contribution < 1.29 is 9.53 Å². The zero-order chi connectivity index (χ0) is 15.5. The van der Waals surface area contributed by atoms with Gasteiger partial charge in [-0.3, -0.25) is 4.79 Å². The minimum Gasteiger partial charge on any atom is -0.384 e. The molecule has 4 nitrogen and oxygen atoms in total. The summed E-state index contributed by atoms with van der Waals surface area (Å²) in [6, 6.07) is 7.69. The van der Waals surface area contributed by atoms with Crippen LogP contribution in [0.1, 0.15) is 36.2 Å². The topological polar surface area (TPSA) is 54.1 Å². The lowest BCUT2D eigenvalue weighted by Gasteiger charge is -2.28. The fourth-order valence-corrected chi connectivity index (χ4v) is 3.38. The number of rotatable bonds is 4. The van der Waals surface area contributed by atoms with Crippen LogP contribution < -0.4 is 5.32 Å². The molecule has 1 aliphatic rings. The number of hydrogen-bond donors (Lipinski definition) is 2. The second kappa shape index (κ2) is 6.71. The molecule has 2 aromatic rings. The van der Waals surface area contributed by atoms with E-state index in [1.165, 1.54) is 0 Å². The van der Waals surface area contributed by atoms with Gasteiger partial charge in [-0.1, -0.05) is 11.6 Å². The molecule has 1 saturated carbocycles. The maximum atomic E-state index is 12.4. The predicted octanol–water partition coefficient (Wildman–Crippen LogP) is 3.76. The minimum absolute atomic E-state index is 0.0393. The van der Waals surface area contributed by atoms with Crippen LogP contribution >= 0.6 is 11.6 Å². The number of carbonyl (C=O) groups excluding carboxylic acids is 1. The first-order valence-corrected chi connectivity index (χ1v) is 8.11. The van der Waals surface area contributed by atoms with E-state index in [0.717, 1.165) is 43.2 Å². The molecule has 5 heteroatoms. The maximum Gasteiger partial charge on any atom is 0.267 e. The molecule has 1 fully saturated rings. The SMILES string of the molecule is COCC1CCC(NC(=O)c2cc3cc(Cl)ccc3[nH]2)CC1. The van der Waals surface area contributed by atoms with Crippen LogP contribution in [0.4, 0.5) is 0 Å². The molecule has 1 aromatic carbocycles. The Hall–Kier alpha value is -1.52. The summed E-state index contributed by atoms with van der Waals surface area (Å²) in [4.78, 5) is 15.5. The molecule has 0 bridgehead atoms. The average molecular weight is 321 g/mol. The van der Waals surface area contributed by atoms with Crippen LogP contribution in [0, 0.1) is 5.92 Å². The standard InChI is InChI=1S/C17H21ClN2O2/c1-22-10-11-2-5-14(6-3-11)19-17(21)16-9-12-8-13(18)4-7-15(12)20-16/h4,7-9,11,14,20H,2-3,5-6,10H2,1H3,(H,19,21). The predicted molar refractivity (Wildman–Crippen MR) is 88.4 cm³/mol. The van der Waals surface area contributed by atoms with Crippen LogP contribution in [0.3, 0.4) is 0 Å². The summed E-state index contributed by atoms with van der Waals surface area (Å²) in [6.07, 6.45) is 4.26. The number of ether oxygens (including phenoxy) is 1. The van der Waals surface area contributed by atoms with E-state index in [2.05, 4.69) is 10.3 Å². The number of H-pyrrole nitrogens is 1. The van der Waals surface area contributed by atoms with Crippen LogP contribution in [0.25, 0.3) is 10.9 Å². The lowest BCUT2D eigenvalue weighted by atomic mass is 9.86. The number of methoxy groups -OCH3 is 1. The van der Waals surface area contributed by atoms with Gasteiger partial charge in [-0.05, 0) is 55.9 Å². The van der Waals surface area contributed by atoms with E-state index >= 15 is 0 Å². The molecule has 118 valence electrons. The lowest BCUT2D eigenvalue weighted by molar-refractivity contribution is 0.0894. The maximum absolute atomic E-state index is 12.4. The van der Waals surface area contributed by atoms with Gasteiger partial charge < -0.3 is 15.0 Å². The Morgan fingerprint density at radius 2 is 2.09 bits per heavy atom. The highest BCUT2D eigenvalue weighted by atomic mass is 35.5. The van der Waals surface area contributed by atoms with Crippen molar-refractivity contribution in [2.24, 2.45) is 5.92 Å². The van der Waals surface area contributed by atoms with Crippen molar-refractivity contribution in [3.05, 3.63) is 35.0 Å². The number of aromatic nitrogens is 1. The van der Waals surface area contributed by atoms with E-state index in [4.69, 9.17) is 16.3 Å². The molecule has 2 N–H and O–H groups in total. The van der Waals surface area contributed by atoms with Crippen LogP contribution in [0.5, 0.6) is 0 Å². The van der Waals surface area contributed by atoms with Gasteiger partial charge in [-0.15, -0.1) is 0 Å². The monoisotopic (exact) mass is 320 g/mol. The second-order valence-corrected chi connectivity index (χ2v) is 6.50. The van der Waals surface area contributed by atoms with Crippen molar-refractivity contribution in [3.8, 4) is 0 Å². The summed E-state index contributed by atoms with van der Waals surface area (Å²) in [6.45, 7) is 0.823. The highest BCUT2D eigenvalue weighted by Crippen LogP contribution is 2.25. The third-order valence-corrected chi connectivity index (χ3v) is 4.65. The van der Waals surface area contributed by atoms with E-state index in [9.17, 15) is 4.79 Å². The third-order valence-electron chi connectivity index (χ3n) is 4.41. The smallest absolute Gasteiger partial charge is 0.267 e. The van der Waals surface area contributed by atoms with Crippen molar-refractivity contribution in [3.63, 3.8) is 0 Å². The van der Waals surface area contributed by atoms with Gasteiger partial charge in [0.25, 0.3) is 5.91 Å². The Bertz CT molecular complexity index is 660. The summed E-state index contributed by atoms with van der Waals surface area (Å²) in [7, 11) is 1.75. The van der Waals surface area contributed by atoms with Gasteiger partial charge in [-0.2, -0.15) is 0 Å². The molecular formula is C17H21ClN2O2. The van der Waals surface area contributed by atoms with Gasteiger partial charge in [0.15, 0.2) is 0 Å². The number of fused-ring (bicyclic) bond motifs is 1. The first kappa shape index (κ1) is 15.4. The normalized spacial score (nSPS) is 21.9. The van der Waals surface area contributed by atoms with Crippen molar-refractivity contribution in [1.82, 2.24) is 10.3 Å². The molecule has 0 spiro atoms. The van der Waals surface area contributed by atoms with Crippen molar-refractivity contribution >= 4 is 28.4 Å².